The van der Waals surface area contributed by atoms with Crippen LogP contribution in [0.1, 0.15) is 292 Å². The number of nitrogens with zero attached hydrogens (tertiary/aromatic N) is 5. The van der Waals surface area contributed by atoms with E-state index in [1.165, 1.54) is 129 Å². The largest absolute Gasteiger partial charge is 0.494 e. The zero-order valence-corrected chi connectivity index (χ0v) is 81.3. The Labute approximate surface area is 779 Å². The summed E-state index contributed by atoms with van der Waals surface area (Å²) in [5, 5.41) is 3.13. The number of nitrogens with one attached hydrogen (secondary N) is 1. The molecule has 5 heterocycles. The van der Waals surface area contributed by atoms with Crippen molar-refractivity contribution in [3.05, 3.63) is 301 Å². The van der Waals surface area contributed by atoms with Crippen LogP contribution in [-0.2, 0) is 51.3 Å². The molecule has 5 aliphatic carbocycles. The Kier molecular flexibility index (Phi) is 32.1. The predicted molar refractivity (Wildman–Crippen MR) is 538 cm³/mol. The summed E-state index contributed by atoms with van der Waals surface area (Å²) in [5.74, 6) is 4.75. The van der Waals surface area contributed by atoms with E-state index in [0.717, 1.165) is 147 Å². The third-order valence-corrected chi connectivity index (χ3v) is 29.0. The van der Waals surface area contributed by atoms with E-state index in [1.54, 1.807) is 0 Å². The average Bonchev–Trinajstić information content (AvgIpc) is 1.61. The lowest BCUT2D eigenvalue weighted by Gasteiger charge is -2.41. The van der Waals surface area contributed by atoms with Gasteiger partial charge in [0.25, 0.3) is 0 Å². The number of hydrogen-bond donors (Lipinski definition) is 1. The highest BCUT2D eigenvalue weighted by Crippen LogP contribution is 2.50. The van der Waals surface area contributed by atoms with Crippen LogP contribution < -0.4 is 10.1 Å². The van der Waals surface area contributed by atoms with Gasteiger partial charge < -0.3 is 34.6 Å². The number of carbonyl (C=O) groups is 5. The number of benzene rings is 8. The molecule has 0 saturated carbocycles. The van der Waals surface area contributed by atoms with Crippen LogP contribution in [-0.4, -0.2) is 124 Å². The van der Waals surface area contributed by atoms with Crippen LogP contribution in [0.25, 0.3) is 27.9 Å². The van der Waals surface area contributed by atoms with Gasteiger partial charge in [-0.05, 0) is 279 Å². The highest BCUT2D eigenvalue weighted by atomic mass is 16.5. The number of hydrogen-bond acceptors (Lipinski definition) is 6. The minimum Gasteiger partial charge on any atom is -0.494 e. The summed E-state index contributed by atoms with van der Waals surface area (Å²) in [4.78, 5) is 75.6. The molecule has 8 unspecified atom stereocenters. The second-order valence-corrected chi connectivity index (χ2v) is 40.8. The quantitative estimate of drug-likeness (QED) is 0.0674. The van der Waals surface area contributed by atoms with Crippen LogP contribution in [0.5, 0.6) is 5.75 Å². The first kappa shape index (κ1) is 95.5. The van der Waals surface area contributed by atoms with Gasteiger partial charge in [-0.3, -0.25) is 19.2 Å². The first-order valence-corrected chi connectivity index (χ1v) is 49.8. The van der Waals surface area contributed by atoms with Gasteiger partial charge in [-0.2, -0.15) is 0 Å². The summed E-state index contributed by atoms with van der Waals surface area (Å²) in [6.45, 7) is 40.2. The number of unbranched alkanes of at least 4 members (excludes halogenated alkanes) is 2. The third kappa shape index (κ3) is 21.9. The summed E-state index contributed by atoms with van der Waals surface area (Å²) in [5.41, 5.74) is 32.8. The van der Waals surface area contributed by atoms with Crippen molar-refractivity contribution < 1.29 is 28.7 Å². The smallest absolute Gasteiger partial charge is 0.322 e. The van der Waals surface area contributed by atoms with Crippen LogP contribution in [0, 0.1) is 29.1 Å². The van der Waals surface area contributed by atoms with Gasteiger partial charge in [-0.25, -0.2) is 4.79 Å². The van der Waals surface area contributed by atoms with Gasteiger partial charge in [-0.1, -0.05) is 299 Å². The van der Waals surface area contributed by atoms with Gasteiger partial charge in [0.05, 0.1) is 36.8 Å². The Balaban J connectivity index is 0.000000132. The lowest BCUT2D eigenvalue weighted by Crippen LogP contribution is -2.49. The minimum atomic E-state index is -0.0468. The SMILES string of the molecule is CC(CC(=O)N1CCC2=C(Cc3ccccc32)C1C(C)C)CC(C)(C)C.CCC(=O)N1CCC2=C(Cc3ccccc32)C1C(C)c1ccccc1.CCCC(=O)N1CCC2=C(Cc3ccccc32)C1CC(C)C.CCCCCC(=O)N1CCC2=C(Cc3ccccc32)C1CC(C)C.CCOc1ccc(NC(=O)N2CCC3=C(Cc4ccccc43)C2C(C)c2ccccc2)cc1. The second-order valence-electron chi connectivity index (χ2n) is 40.8. The normalized spacial score (nSPS) is 19.7. The number of fused-ring (bicyclic) bond motifs is 10. The standard InChI is InChI=1S/C29H30N2O2.C24H35NO.C23H25NO.C22H31NO.C20H27NO/c1-3-33-24-15-13-23(14-16-24)30-29(32)31-18-17-26-25-12-8-7-11-22(25)19-27(26)28(31)20(2)21-9-5-4-6-10-21;1-16(2)23-21-14-18-9-7-8-10-19(18)20(21)11-12-25(23)22(26)13-17(3)15-24(4,5)6;1-3-22(25)24-14-13-20-19-12-8-7-11-18(19)15-21(20)23(24)16(2)17-9-5-4-6-10-17;1-4-5-6-11-22(24)23-13-12-19-18-10-8-7-9-17(18)15-20(19)21(23)14-16(2)3;1-4-7-20(22)21-11-10-17-16-9-6-5-8-15(16)13-18(17)19(21)12-14(2)3/h4-16,20,28H,3,17-19H2,1-2H3,(H,30,32);7-10,16-17,23H,11-15H2,1-6H3;4-12,16,23H,3,13-15H2,1-2H3;7-10,16,21H,4-6,11-15H2,1-3H3;5-6,8-9,14,19H,4,7,10-13H2,1-3H3. The third-order valence-electron chi connectivity index (χ3n) is 29.0. The maximum absolute atomic E-state index is 13.5. The molecule has 12 heteroatoms. The van der Waals surface area contributed by atoms with E-state index in [-0.39, 0.29) is 41.4 Å². The fourth-order valence-corrected chi connectivity index (χ4v) is 23.4. The van der Waals surface area contributed by atoms with E-state index in [9.17, 15) is 24.0 Å². The molecular formula is C118H148N6O6. The number of amides is 6. The summed E-state index contributed by atoms with van der Waals surface area (Å²) in [6.07, 6.45) is 20.2. The molecule has 130 heavy (non-hydrogen) atoms. The molecule has 18 rings (SSSR count). The Hall–Kier alpha value is -10.6. The summed E-state index contributed by atoms with van der Waals surface area (Å²) >= 11 is 0. The van der Waals surface area contributed by atoms with Gasteiger partial charge in [0, 0.05) is 75.9 Å². The first-order valence-electron chi connectivity index (χ1n) is 49.8. The van der Waals surface area contributed by atoms with Crippen LogP contribution in [0.3, 0.4) is 0 Å². The molecule has 686 valence electrons. The molecule has 12 nitrogen and oxygen atoms in total. The molecule has 0 bridgehead atoms. The molecule has 0 aromatic heterocycles. The van der Waals surface area contributed by atoms with Crippen LogP contribution in [0.15, 0.2) is 234 Å². The van der Waals surface area contributed by atoms with E-state index in [4.69, 9.17) is 4.74 Å². The first-order chi connectivity index (χ1) is 62.8. The maximum atomic E-state index is 13.5. The van der Waals surface area contributed by atoms with E-state index in [0.29, 0.717) is 91.8 Å². The number of anilines is 1. The minimum absolute atomic E-state index is 0.0197. The summed E-state index contributed by atoms with van der Waals surface area (Å²) < 4.78 is 5.53. The monoisotopic (exact) mass is 1750 g/mol. The van der Waals surface area contributed by atoms with Crippen molar-refractivity contribution in [3.63, 3.8) is 0 Å². The zero-order valence-electron chi connectivity index (χ0n) is 81.3. The van der Waals surface area contributed by atoms with E-state index in [1.807, 2.05) is 49.1 Å². The van der Waals surface area contributed by atoms with Gasteiger partial charge in [-0.15, -0.1) is 0 Å². The molecule has 0 spiro atoms. The molecule has 0 fully saturated rings. The Morgan fingerprint density at radius 2 is 0.731 bits per heavy atom. The number of rotatable bonds is 22. The van der Waals surface area contributed by atoms with Crippen molar-refractivity contribution in [1.29, 1.82) is 0 Å². The summed E-state index contributed by atoms with van der Waals surface area (Å²) in [7, 11) is 0. The van der Waals surface area contributed by atoms with Crippen molar-refractivity contribution in [1.82, 2.24) is 24.5 Å². The van der Waals surface area contributed by atoms with Gasteiger partial charge >= 0.3 is 6.03 Å². The number of ether oxygens (including phenoxy) is 1. The van der Waals surface area contributed by atoms with Crippen LogP contribution in [0.4, 0.5) is 10.5 Å². The fourth-order valence-electron chi connectivity index (χ4n) is 23.4. The molecule has 1 N–H and O–H groups in total. The Bertz CT molecular complexity index is 5460. The van der Waals surface area contributed by atoms with Crippen molar-refractivity contribution in [2.45, 2.75) is 288 Å². The number of carbonyl (C=O) groups excluding carboxylic acids is 5. The average molecular weight is 1750 g/mol. The molecule has 8 aromatic rings. The summed E-state index contributed by atoms with van der Waals surface area (Å²) in [6, 6.07) is 73.6. The highest BCUT2D eigenvalue weighted by molar-refractivity contribution is 5.92. The second kappa shape index (κ2) is 43.6. The predicted octanol–water partition coefficient (Wildman–Crippen LogP) is 26.7. The van der Waals surface area contributed by atoms with Crippen LogP contribution >= 0.6 is 0 Å². The van der Waals surface area contributed by atoms with Gasteiger partial charge in [0.2, 0.25) is 23.6 Å². The molecule has 5 aliphatic heterocycles. The lowest BCUT2D eigenvalue weighted by atomic mass is 9.82. The van der Waals surface area contributed by atoms with Crippen molar-refractivity contribution in [3.8, 4) is 5.75 Å². The molecule has 6 amide bonds. The molecule has 0 radical (unpaired) electrons. The Morgan fingerprint density at radius 1 is 0.377 bits per heavy atom. The molecule has 10 aliphatic rings. The van der Waals surface area contributed by atoms with Crippen molar-refractivity contribution >= 4 is 63.2 Å². The molecule has 8 aromatic carbocycles. The van der Waals surface area contributed by atoms with Gasteiger partial charge in [0.1, 0.15) is 5.75 Å². The number of urea groups is 1. The highest BCUT2D eigenvalue weighted by Gasteiger charge is 2.45. The maximum Gasteiger partial charge on any atom is 0.322 e. The van der Waals surface area contributed by atoms with Crippen molar-refractivity contribution in [2.24, 2.45) is 29.1 Å². The van der Waals surface area contributed by atoms with E-state index >= 15 is 0 Å². The zero-order chi connectivity index (χ0) is 92.0. The van der Waals surface area contributed by atoms with E-state index in [2.05, 4.69) is 298 Å². The van der Waals surface area contributed by atoms with Crippen molar-refractivity contribution in [2.75, 3.05) is 44.6 Å². The fraction of sp³-hybridized carbons (Fsp3) is 0.466. The lowest BCUT2D eigenvalue weighted by molar-refractivity contribution is -0.135. The Morgan fingerprint density at radius 3 is 1.11 bits per heavy atom. The van der Waals surface area contributed by atoms with Gasteiger partial charge in [0.15, 0.2) is 0 Å². The van der Waals surface area contributed by atoms with Crippen LogP contribution in [0.2, 0.25) is 0 Å². The van der Waals surface area contributed by atoms with E-state index < -0.39 is 0 Å². The molecular weight excluding hydrogens is 1600 g/mol. The molecule has 8 atom stereocenters. The molecule has 0 saturated heterocycles. The topological polar surface area (TPSA) is 123 Å².